The number of nitrogen functional groups attached to an aromatic ring is 2. The second-order valence-corrected chi connectivity index (χ2v) is 10.2. The molecule has 3 heterocycles. The molecule has 10 nitrogen and oxygen atoms in total. The van der Waals surface area contributed by atoms with E-state index in [4.69, 9.17) is 20.9 Å². The highest BCUT2D eigenvalue weighted by Crippen LogP contribution is 2.44. The van der Waals surface area contributed by atoms with Gasteiger partial charge in [-0.05, 0) is 37.1 Å². The number of aromatic nitrogens is 4. The zero-order chi connectivity index (χ0) is 26.1. The first-order chi connectivity index (χ1) is 17.8. The van der Waals surface area contributed by atoms with Gasteiger partial charge in [-0.2, -0.15) is 9.97 Å². The fraction of sp³-hybridized carbons (Fsp3) is 0.269. The van der Waals surface area contributed by atoms with Crippen LogP contribution >= 0.6 is 11.8 Å². The molecular formula is C26H26N6O4S. The van der Waals surface area contributed by atoms with E-state index in [9.17, 15) is 9.59 Å². The number of hydrogen-bond donors (Lipinski definition) is 2. The topological polar surface area (TPSA) is 148 Å². The number of thioether (sulfide) groups is 1. The maximum Gasteiger partial charge on any atom is 0.338 e. The van der Waals surface area contributed by atoms with Crippen molar-refractivity contribution in [1.82, 2.24) is 19.5 Å². The highest BCUT2D eigenvalue weighted by Gasteiger charge is 2.40. The van der Waals surface area contributed by atoms with Gasteiger partial charge in [0.25, 0.3) is 0 Å². The lowest BCUT2D eigenvalue weighted by molar-refractivity contribution is 0.0205. The van der Waals surface area contributed by atoms with Crippen molar-refractivity contribution >= 4 is 46.6 Å². The number of benzene rings is 2. The summed E-state index contributed by atoms with van der Waals surface area (Å²) in [6, 6.07) is 14.5. The molecule has 0 bridgehead atoms. The van der Waals surface area contributed by atoms with Gasteiger partial charge in [0.15, 0.2) is 11.5 Å². The number of hydrogen-bond acceptors (Lipinski definition) is 10. The average molecular weight is 519 g/mol. The lowest BCUT2D eigenvalue weighted by Gasteiger charge is -2.19. The maximum absolute atomic E-state index is 13.1. The molecule has 5 rings (SSSR count). The number of ether oxygens (including phenoxy) is 2. The van der Waals surface area contributed by atoms with Crippen LogP contribution < -0.4 is 11.5 Å². The third-order valence-corrected chi connectivity index (χ3v) is 7.85. The summed E-state index contributed by atoms with van der Waals surface area (Å²) >= 11 is 1.51. The number of rotatable bonds is 6. The second kappa shape index (κ2) is 10.1. The minimum Gasteiger partial charge on any atom is -0.461 e. The number of imidazole rings is 1. The molecule has 1 aliphatic heterocycles. The normalized spacial score (nSPS) is 19.1. The fourth-order valence-corrected chi connectivity index (χ4v) is 5.83. The monoisotopic (exact) mass is 518 g/mol. The molecule has 4 N–H and O–H groups in total. The van der Waals surface area contributed by atoms with Crippen molar-refractivity contribution in [2.75, 3.05) is 18.1 Å². The van der Waals surface area contributed by atoms with Crippen molar-refractivity contribution < 1.29 is 19.1 Å². The summed E-state index contributed by atoms with van der Waals surface area (Å²) in [5.74, 6) is -0.616. The molecule has 2 aromatic heterocycles. The van der Waals surface area contributed by atoms with E-state index >= 15 is 0 Å². The summed E-state index contributed by atoms with van der Waals surface area (Å²) in [4.78, 5) is 38.5. The van der Waals surface area contributed by atoms with Crippen molar-refractivity contribution in [2.24, 2.45) is 0 Å². The van der Waals surface area contributed by atoms with Crippen molar-refractivity contribution in [3.63, 3.8) is 0 Å². The molecular weight excluding hydrogens is 492 g/mol. The number of anilines is 2. The molecule has 0 radical (unpaired) electrons. The molecule has 37 heavy (non-hydrogen) atoms. The minimum absolute atomic E-state index is 0.0426. The van der Waals surface area contributed by atoms with Gasteiger partial charge in [0, 0.05) is 6.42 Å². The van der Waals surface area contributed by atoms with Gasteiger partial charge >= 0.3 is 11.9 Å². The zero-order valence-electron chi connectivity index (χ0n) is 20.3. The molecule has 0 aliphatic carbocycles. The van der Waals surface area contributed by atoms with Gasteiger partial charge in [-0.1, -0.05) is 36.4 Å². The Labute approximate surface area is 217 Å². The molecule has 4 aromatic rings. The number of aryl methyl sites for hydroxylation is 2. The van der Waals surface area contributed by atoms with Crippen LogP contribution in [-0.4, -0.2) is 49.4 Å². The standard InChI is InChI=1S/C26H26N6O4S/c1-14-7-3-5-9-16(14)24(33)35-12-19-18(36-25(34)17-10-6-4-8-15(17)2)11-20(37-19)32-13-29-21-22(27)30-26(28)31-23(21)32/h3-10,13,18-20H,11-12H2,1-2H3,(H4,27,28,30,31)/t18-,19+,20-/m0/s1. The quantitative estimate of drug-likeness (QED) is 0.362. The average Bonchev–Trinajstić information content (AvgIpc) is 3.47. The predicted molar refractivity (Wildman–Crippen MR) is 141 cm³/mol. The van der Waals surface area contributed by atoms with Crippen LogP contribution in [0.2, 0.25) is 0 Å². The Bertz CT molecular complexity index is 1490. The lowest BCUT2D eigenvalue weighted by Crippen LogP contribution is -2.30. The largest absolute Gasteiger partial charge is 0.461 e. The summed E-state index contributed by atoms with van der Waals surface area (Å²) in [6.07, 6.45) is 1.54. The van der Waals surface area contributed by atoms with Crippen LogP contribution in [0.15, 0.2) is 54.9 Å². The molecule has 2 aromatic carbocycles. The van der Waals surface area contributed by atoms with E-state index in [2.05, 4.69) is 15.0 Å². The predicted octanol–water partition coefficient (Wildman–Crippen LogP) is 3.69. The first-order valence-electron chi connectivity index (χ1n) is 11.7. The summed E-state index contributed by atoms with van der Waals surface area (Å²) in [5, 5.41) is -0.532. The highest BCUT2D eigenvalue weighted by molar-refractivity contribution is 8.00. The van der Waals surface area contributed by atoms with Crippen LogP contribution in [0.3, 0.4) is 0 Å². The van der Waals surface area contributed by atoms with Crippen molar-refractivity contribution in [3.05, 3.63) is 77.1 Å². The summed E-state index contributed by atoms with van der Waals surface area (Å²) in [6.45, 7) is 3.77. The van der Waals surface area contributed by atoms with Gasteiger partial charge in [0.05, 0.1) is 28.1 Å². The Morgan fingerprint density at radius 3 is 2.32 bits per heavy atom. The number of esters is 2. The molecule has 0 unspecified atom stereocenters. The van der Waals surface area contributed by atoms with E-state index < -0.39 is 18.0 Å². The Balaban J connectivity index is 1.40. The molecule has 0 spiro atoms. The SMILES string of the molecule is Cc1ccccc1C(=O)OC[C@H]1S[C@H](n2cnc3c(N)nc(N)nc32)C[C@@H]1OC(=O)c1ccccc1C. The minimum atomic E-state index is -0.527. The van der Waals surface area contributed by atoms with Gasteiger partial charge in [-0.25, -0.2) is 14.6 Å². The molecule has 0 amide bonds. The van der Waals surface area contributed by atoms with Gasteiger partial charge in [-0.3, -0.25) is 0 Å². The van der Waals surface area contributed by atoms with E-state index in [1.54, 1.807) is 30.6 Å². The fourth-order valence-electron chi connectivity index (χ4n) is 4.35. The van der Waals surface area contributed by atoms with Crippen molar-refractivity contribution in [2.45, 2.75) is 37.0 Å². The number of carbonyl (C=O) groups is 2. The van der Waals surface area contributed by atoms with Crippen LogP contribution in [0.4, 0.5) is 11.8 Å². The number of nitrogens with two attached hydrogens (primary N) is 2. The molecule has 1 aliphatic rings. The smallest absolute Gasteiger partial charge is 0.338 e. The van der Waals surface area contributed by atoms with E-state index in [0.717, 1.165) is 11.1 Å². The third-order valence-electron chi connectivity index (χ3n) is 6.32. The number of nitrogens with zero attached hydrogens (tertiary/aromatic N) is 4. The Morgan fingerprint density at radius 1 is 1.00 bits per heavy atom. The molecule has 1 saturated heterocycles. The maximum atomic E-state index is 13.1. The number of fused-ring (bicyclic) bond motifs is 1. The molecule has 11 heteroatoms. The Kier molecular flexibility index (Phi) is 6.70. The van der Waals surface area contributed by atoms with Crippen LogP contribution in [0.25, 0.3) is 11.2 Å². The number of carbonyl (C=O) groups excluding carboxylic acids is 2. The summed E-state index contributed by atoms with van der Waals surface area (Å²) in [7, 11) is 0. The van der Waals surface area contributed by atoms with Crippen molar-refractivity contribution in [3.8, 4) is 0 Å². The first-order valence-corrected chi connectivity index (χ1v) is 12.7. The Morgan fingerprint density at radius 2 is 1.65 bits per heavy atom. The van der Waals surface area contributed by atoms with Crippen LogP contribution in [-0.2, 0) is 9.47 Å². The van der Waals surface area contributed by atoms with Gasteiger partial charge in [0.1, 0.15) is 18.2 Å². The second-order valence-electron chi connectivity index (χ2n) is 8.83. The molecule has 190 valence electrons. The Hall–Kier alpha value is -4.12. The van der Waals surface area contributed by atoms with Crippen LogP contribution in [0, 0.1) is 13.8 Å². The molecule has 0 saturated carbocycles. The lowest BCUT2D eigenvalue weighted by atomic mass is 10.1. The molecule has 1 fully saturated rings. The highest BCUT2D eigenvalue weighted by atomic mass is 32.2. The van der Waals surface area contributed by atoms with E-state index in [-0.39, 0.29) is 29.0 Å². The van der Waals surface area contributed by atoms with Crippen LogP contribution in [0.5, 0.6) is 0 Å². The van der Waals surface area contributed by atoms with Gasteiger partial charge in [-0.15, -0.1) is 11.8 Å². The van der Waals surface area contributed by atoms with Gasteiger partial charge < -0.3 is 25.5 Å². The third kappa shape index (κ3) is 4.94. The summed E-state index contributed by atoms with van der Waals surface area (Å²) < 4.78 is 13.5. The van der Waals surface area contributed by atoms with Gasteiger partial charge in [0.2, 0.25) is 5.95 Å². The van der Waals surface area contributed by atoms with Crippen molar-refractivity contribution in [1.29, 1.82) is 0 Å². The van der Waals surface area contributed by atoms with Crippen LogP contribution in [0.1, 0.15) is 43.6 Å². The first kappa shape index (κ1) is 24.6. The summed E-state index contributed by atoms with van der Waals surface area (Å²) in [5.41, 5.74) is 15.4. The van der Waals surface area contributed by atoms with E-state index in [0.29, 0.717) is 28.7 Å². The molecule has 3 atom stereocenters. The van der Waals surface area contributed by atoms with E-state index in [1.165, 1.54) is 11.8 Å². The van der Waals surface area contributed by atoms with E-state index in [1.807, 2.05) is 42.7 Å². The zero-order valence-corrected chi connectivity index (χ0v) is 21.1.